The van der Waals surface area contributed by atoms with Gasteiger partial charge in [-0.2, -0.15) is 0 Å². The second-order valence-corrected chi connectivity index (χ2v) is 4.29. The monoisotopic (exact) mass is 247 g/mol. The lowest BCUT2D eigenvalue weighted by atomic mass is 10.2. The minimum Gasteiger partial charge on any atom is -0.358 e. The lowest BCUT2D eigenvalue weighted by Crippen LogP contribution is -2.19. The third-order valence-electron chi connectivity index (χ3n) is 1.78. The fourth-order valence-electron chi connectivity index (χ4n) is 0.965. The van der Waals surface area contributed by atoms with Crippen molar-refractivity contribution in [2.45, 2.75) is 5.75 Å². The molecule has 0 aliphatic rings. The largest absolute Gasteiger partial charge is 0.358 e. The minimum absolute atomic E-state index is 0.0294. The Bertz CT molecular complexity index is 359. The highest BCUT2D eigenvalue weighted by atomic mass is 35.5. The Hall–Kier alpha value is -0.740. The second kappa shape index (κ2) is 5.98. The minimum atomic E-state index is -0.347. The van der Waals surface area contributed by atoms with E-state index in [1.54, 1.807) is 13.1 Å². The van der Waals surface area contributed by atoms with Crippen molar-refractivity contribution in [3.63, 3.8) is 0 Å². The van der Waals surface area contributed by atoms with Gasteiger partial charge in [-0.3, -0.25) is 4.79 Å². The number of thioether (sulfide) groups is 1. The van der Waals surface area contributed by atoms with Gasteiger partial charge >= 0.3 is 0 Å². The van der Waals surface area contributed by atoms with E-state index in [0.717, 1.165) is 5.56 Å². The van der Waals surface area contributed by atoms with Crippen LogP contribution >= 0.6 is 23.4 Å². The number of hydrogen-bond donors (Lipinski definition) is 1. The Labute approximate surface area is 97.2 Å². The Morgan fingerprint density at radius 1 is 1.60 bits per heavy atom. The van der Waals surface area contributed by atoms with E-state index in [1.165, 1.54) is 23.9 Å². The summed E-state index contributed by atoms with van der Waals surface area (Å²) in [4.78, 5) is 10.9. The van der Waals surface area contributed by atoms with Gasteiger partial charge < -0.3 is 5.32 Å². The van der Waals surface area contributed by atoms with Crippen LogP contribution in [0.4, 0.5) is 4.39 Å². The highest BCUT2D eigenvalue weighted by Crippen LogP contribution is 2.21. The fourth-order valence-corrected chi connectivity index (χ4v) is 2.18. The summed E-state index contributed by atoms with van der Waals surface area (Å²) >= 11 is 7.26. The van der Waals surface area contributed by atoms with Gasteiger partial charge in [0.05, 0.1) is 5.75 Å². The van der Waals surface area contributed by atoms with Crippen LogP contribution < -0.4 is 5.32 Å². The van der Waals surface area contributed by atoms with Crippen LogP contribution in [0.5, 0.6) is 0 Å². The zero-order chi connectivity index (χ0) is 11.3. The predicted molar refractivity (Wildman–Crippen MR) is 61.6 cm³/mol. The molecule has 0 spiro atoms. The summed E-state index contributed by atoms with van der Waals surface area (Å²) in [6.07, 6.45) is 0. The Morgan fingerprint density at radius 2 is 2.33 bits per heavy atom. The first kappa shape index (κ1) is 12.3. The summed E-state index contributed by atoms with van der Waals surface area (Å²) in [5.74, 6) is 0.606. The van der Waals surface area contributed by atoms with Crippen molar-refractivity contribution in [2.75, 3.05) is 12.8 Å². The molecule has 1 N–H and O–H groups in total. The van der Waals surface area contributed by atoms with Crippen LogP contribution in [0.15, 0.2) is 18.2 Å². The van der Waals surface area contributed by atoms with E-state index in [-0.39, 0.29) is 11.7 Å². The van der Waals surface area contributed by atoms with Gasteiger partial charge in [0.1, 0.15) is 5.82 Å². The molecule has 0 aliphatic carbocycles. The van der Waals surface area contributed by atoms with Crippen LogP contribution in [0.25, 0.3) is 0 Å². The summed E-state index contributed by atoms with van der Waals surface area (Å²) in [5.41, 5.74) is 0.840. The molecule has 1 rings (SSSR count). The fraction of sp³-hybridized carbons (Fsp3) is 0.300. The Balaban J connectivity index is 2.47. The van der Waals surface area contributed by atoms with Crippen molar-refractivity contribution in [3.05, 3.63) is 34.6 Å². The number of amides is 1. The zero-order valence-electron chi connectivity index (χ0n) is 8.22. The van der Waals surface area contributed by atoms with Crippen LogP contribution in [0, 0.1) is 5.82 Å². The summed E-state index contributed by atoms with van der Waals surface area (Å²) in [6, 6.07) is 4.27. The van der Waals surface area contributed by atoms with E-state index in [0.29, 0.717) is 16.5 Å². The molecule has 0 atom stereocenters. The molecule has 0 fully saturated rings. The number of carbonyl (C=O) groups excluding carboxylic acids is 1. The molecule has 2 nitrogen and oxygen atoms in total. The van der Waals surface area contributed by atoms with Gasteiger partial charge in [-0.15, -0.1) is 11.8 Å². The lowest BCUT2D eigenvalue weighted by Gasteiger charge is -2.03. The standard InChI is InChI=1S/C10H11ClFNOS/c1-13-10(14)6-15-5-7-2-3-8(12)4-9(7)11/h2-4H,5-6H2,1H3,(H,13,14). The molecule has 0 saturated carbocycles. The molecule has 1 aromatic carbocycles. The summed E-state index contributed by atoms with van der Waals surface area (Å²) in [7, 11) is 1.59. The third-order valence-corrected chi connectivity index (χ3v) is 3.12. The normalized spacial score (nSPS) is 10.1. The summed E-state index contributed by atoms with van der Waals surface area (Å²) < 4.78 is 12.7. The quantitative estimate of drug-likeness (QED) is 0.886. The topological polar surface area (TPSA) is 29.1 Å². The maximum Gasteiger partial charge on any atom is 0.229 e. The van der Waals surface area contributed by atoms with Gasteiger partial charge in [0.25, 0.3) is 0 Å². The molecule has 15 heavy (non-hydrogen) atoms. The number of hydrogen-bond acceptors (Lipinski definition) is 2. The molecule has 0 radical (unpaired) electrons. The number of benzene rings is 1. The van der Waals surface area contributed by atoms with Crippen molar-refractivity contribution >= 4 is 29.3 Å². The molecule has 0 saturated heterocycles. The maximum atomic E-state index is 12.7. The van der Waals surface area contributed by atoms with E-state index < -0.39 is 0 Å². The zero-order valence-corrected chi connectivity index (χ0v) is 9.79. The van der Waals surface area contributed by atoms with Crippen LogP contribution in [-0.4, -0.2) is 18.7 Å². The highest BCUT2D eigenvalue weighted by molar-refractivity contribution is 7.99. The first-order chi connectivity index (χ1) is 7.13. The number of carbonyl (C=O) groups is 1. The smallest absolute Gasteiger partial charge is 0.229 e. The van der Waals surface area contributed by atoms with Gasteiger partial charge in [-0.1, -0.05) is 17.7 Å². The van der Waals surface area contributed by atoms with E-state index in [4.69, 9.17) is 11.6 Å². The van der Waals surface area contributed by atoms with Crippen molar-refractivity contribution < 1.29 is 9.18 Å². The maximum absolute atomic E-state index is 12.7. The number of nitrogens with one attached hydrogen (secondary N) is 1. The molecule has 0 aliphatic heterocycles. The van der Waals surface area contributed by atoms with Gasteiger partial charge in [-0.05, 0) is 17.7 Å². The predicted octanol–water partition coefficient (Wildman–Crippen LogP) is 2.46. The van der Waals surface area contributed by atoms with E-state index in [9.17, 15) is 9.18 Å². The van der Waals surface area contributed by atoms with Crippen molar-refractivity contribution in [1.29, 1.82) is 0 Å². The molecule has 1 amide bonds. The number of rotatable bonds is 4. The lowest BCUT2D eigenvalue weighted by molar-refractivity contribution is -0.118. The van der Waals surface area contributed by atoms with Crippen molar-refractivity contribution in [3.8, 4) is 0 Å². The molecule has 0 heterocycles. The van der Waals surface area contributed by atoms with Crippen LogP contribution in [0.1, 0.15) is 5.56 Å². The second-order valence-electron chi connectivity index (χ2n) is 2.90. The van der Waals surface area contributed by atoms with Gasteiger partial charge in [0, 0.05) is 17.8 Å². The Kier molecular flexibility index (Phi) is 4.91. The number of halogens is 2. The molecule has 82 valence electrons. The SMILES string of the molecule is CNC(=O)CSCc1ccc(F)cc1Cl. The molecular weight excluding hydrogens is 237 g/mol. The molecule has 1 aromatic rings. The van der Waals surface area contributed by atoms with Gasteiger partial charge in [0.15, 0.2) is 0 Å². The van der Waals surface area contributed by atoms with Crippen molar-refractivity contribution in [2.24, 2.45) is 0 Å². The Morgan fingerprint density at radius 3 is 2.93 bits per heavy atom. The average Bonchev–Trinajstić information content (AvgIpc) is 2.21. The molecular formula is C10H11ClFNOS. The van der Waals surface area contributed by atoms with Crippen LogP contribution in [-0.2, 0) is 10.5 Å². The molecule has 0 bridgehead atoms. The highest BCUT2D eigenvalue weighted by Gasteiger charge is 2.03. The van der Waals surface area contributed by atoms with Crippen LogP contribution in [0.2, 0.25) is 5.02 Å². The van der Waals surface area contributed by atoms with Crippen LogP contribution in [0.3, 0.4) is 0 Å². The van der Waals surface area contributed by atoms with Gasteiger partial charge in [-0.25, -0.2) is 4.39 Å². The summed E-state index contributed by atoms with van der Waals surface area (Å²) in [6.45, 7) is 0. The van der Waals surface area contributed by atoms with E-state index >= 15 is 0 Å². The van der Waals surface area contributed by atoms with E-state index in [2.05, 4.69) is 5.32 Å². The molecule has 0 aromatic heterocycles. The molecule has 5 heteroatoms. The first-order valence-corrected chi connectivity index (χ1v) is 5.89. The third kappa shape index (κ3) is 4.10. The van der Waals surface area contributed by atoms with E-state index in [1.807, 2.05) is 0 Å². The van der Waals surface area contributed by atoms with Gasteiger partial charge in [0.2, 0.25) is 5.91 Å². The van der Waals surface area contributed by atoms with Crippen molar-refractivity contribution in [1.82, 2.24) is 5.32 Å². The molecule has 0 unspecified atom stereocenters. The first-order valence-electron chi connectivity index (χ1n) is 4.35. The summed E-state index contributed by atoms with van der Waals surface area (Å²) in [5, 5.41) is 2.92. The average molecular weight is 248 g/mol.